The van der Waals surface area contributed by atoms with E-state index in [4.69, 9.17) is 0 Å². The lowest BCUT2D eigenvalue weighted by Gasteiger charge is -2.16. The van der Waals surface area contributed by atoms with E-state index in [1.807, 2.05) is 13.8 Å². The first-order valence-corrected chi connectivity index (χ1v) is 4.62. The molecule has 0 saturated carbocycles. The standard InChI is InChI=1S/C12H17F/c1-7-8(2)10(4)12(6-13)11(5)9(7)3/h6H2,1-5H3. The minimum Gasteiger partial charge on any atom is -0.246 e. The molecule has 1 heteroatoms. The molecule has 72 valence electrons. The minimum atomic E-state index is -0.348. The molecule has 0 unspecified atom stereocenters. The summed E-state index contributed by atoms with van der Waals surface area (Å²) in [6.07, 6.45) is 0. The second kappa shape index (κ2) is 3.49. The van der Waals surface area contributed by atoms with E-state index in [1.165, 1.54) is 16.7 Å². The van der Waals surface area contributed by atoms with Gasteiger partial charge in [-0.25, -0.2) is 4.39 Å². The first-order chi connectivity index (χ1) is 6.00. The zero-order valence-electron chi connectivity index (χ0n) is 9.09. The Kier molecular flexibility index (Phi) is 2.74. The van der Waals surface area contributed by atoms with E-state index in [-0.39, 0.29) is 6.67 Å². The number of hydrogen-bond donors (Lipinski definition) is 0. The van der Waals surface area contributed by atoms with Crippen molar-refractivity contribution < 1.29 is 4.39 Å². The molecule has 0 aliphatic heterocycles. The molecule has 0 spiro atoms. The van der Waals surface area contributed by atoms with Crippen LogP contribution in [0, 0.1) is 34.6 Å². The molecule has 0 amide bonds. The van der Waals surface area contributed by atoms with Crippen LogP contribution in [0.4, 0.5) is 4.39 Å². The number of halogens is 1. The van der Waals surface area contributed by atoms with E-state index in [9.17, 15) is 4.39 Å². The SMILES string of the molecule is Cc1c(C)c(C)c(CF)c(C)c1C. The van der Waals surface area contributed by atoms with Gasteiger partial charge in [-0.2, -0.15) is 0 Å². The third kappa shape index (κ3) is 1.48. The van der Waals surface area contributed by atoms with Gasteiger partial charge in [0.1, 0.15) is 6.67 Å². The fourth-order valence-corrected chi connectivity index (χ4v) is 1.78. The summed E-state index contributed by atoms with van der Waals surface area (Å²) in [7, 11) is 0. The van der Waals surface area contributed by atoms with E-state index in [0.717, 1.165) is 16.7 Å². The molecular weight excluding hydrogens is 163 g/mol. The van der Waals surface area contributed by atoms with Crippen LogP contribution >= 0.6 is 0 Å². The van der Waals surface area contributed by atoms with Gasteiger partial charge in [-0.1, -0.05) is 0 Å². The van der Waals surface area contributed by atoms with Gasteiger partial charge < -0.3 is 0 Å². The Hall–Kier alpha value is -0.850. The molecule has 0 atom stereocenters. The fraction of sp³-hybridized carbons (Fsp3) is 0.500. The van der Waals surface area contributed by atoms with Crippen molar-refractivity contribution in [2.24, 2.45) is 0 Å². The average molecular weight is 180 g/mol. The Morgan fingerprint density at radius 3 is 1.31 bits per heavy atom. The monoisotopic (exact) mass is 180 g/mol. The smallest absolute Gasteiger partial charge is 0.115 e. The maximum atomic E-state index is 12.7. The van der Waals surface area contributed by atoms with Crippen molar-refractivity contribution in [1.29, 1.82) is 0 Å². The summed E-state index contributed by atoms with van der Waals surface area (Å²) in [6, 6.07) is 0. The van der Waals surface area contributed by atoms with Crippen LogP contribution in [0.15, 0.2) is 0 Å². The average Bonchev–Trinajstić information content (AvgIpc) is 2.13. The Balaban J connectivity index is 3.56. The second-order valence-corrected chi connectivity index (χ2v) is 3.74. The fourth-order valence-electron chi connectivity index (χ4n) is 1.78. The van der Waals surface area contributed by atoms with Gasteiger partial charge in [0.2, 0.25) is 0 Å². The van der Waals surface area contributed by atoms with Crippen molar-refractivity contribution in [3.8, 4) is 0 Å². The summed E-state index contributed by atoms with van der Waals surface area (Å²) in [5.74, 6) is 0. The number of alkyl halides is 1. The molecule has 13 heavy (non-hydrogen) atoms. The molecule has 0 N–H and O–H groups in total. The van der Waals surface area contributed by atoms with E-state index < -0.39 is 0 Å². The molecule has 0 heterocycles. The molecular formula is C12H17F. The highest BCUT2D eigenvalue weighted by Gasteiger charge is 2.10. The van der Waals surface area contributed by atoms with Crippen molar-refractivity contribution in [3.63, 3.8) is 0 Å². The zero-order valence-corrected chi connectivity index (χ0v) is 9.09. The van der Waals surface area contributed by atoms with E-state index in [1.54, 1.807) is 0 Å². The largest absolute Gasteiger partial charge is 0.246 e. The van der Waals surface area contributed by atoms with Crippen LogP contribution in [-0.2, 0) is 6.67 Å². The highest BCUT2D eigenvalue weighted by Crippen LogP contribution is 2.26. The molecule has 1 aromatic rings. The maximum Gasteiger partial charge on any atom is 0.115 e. The number of benzene rings is 1. The zero-order chi connectivity index (χ0) is 10.2. The van der Waals surface area contributed by atoms with E-state index >= 15 is 0 Å². The third-order valence-corrected chi connectivity index (χ3v) is 3.29. The summed E-state index contributed by atoms with van der Waals surface area (Å²) in [6.45, 7) is 9.90. The molecule has 0 saturated heterocycles. The predicted octanol–water partition coefficient (Wildman–Crippen LogP) is 3.70. The Morgan fingerprint density at radius 1 is 0.692 bits per heavy atom. The highest BCUT2D eigenvalue weighted by atomic mass is 19.1. The lowest BCUT2D eigenvalue weighted by atomic mass is 9.90. The van der Waals surface area contributed by atoms with Crippen molar-refractivity contribution in [2.75, 3.05) is 0 Å². The first kappa shape index (κ1) is 10.2. The van der Waals surface area contributed by atoms with E-state index in [2.05, 4.69) is 20.8 Å². The molecule has 0 bridgehead atoms. The van der Waals surface area contributed by atoms with Crippen molar-refractivity contribution in [3.05, 3.63) is 33.4 Å². The lowest BCUT2D eigenvalue weighted by Crippen LogP contribution is -2.01. The van der Waals surface area contributed by atoms with Crippen LogP contribution in [0.5, 0.6) is 0 Å². The summed E-state index contributed by atoms with van der Waals surface area (Å²) in [5.41, 5.74) is 6.87. The summed E-state index contributed by atoms with van der Waals surface area (Å²) < 4.78 is 12.7. The minimum absolute atomic E-state index is 0.348. The van der Waals surface area contributed by atoms with Gasteiger partial charge in [-0.05, 0) is 68.0 Å². The molecule has 1 aromatic carbocycles. The van der Waals surface area contributed by atoms with Crippen LogP contribution in [0.1, 0.15) is 33.4 Å². The van der Waals surface area contributed by atoms with E-state index in [0.29, 0.717) is 0 Å². The predicted molar refractivity (Wildman–Crippen MR) is 54.9 cm³/mol. The van der Waals surface area contributed by atoms with Crippen LogP contribution in [0.25, 0.3) is 0 Å². The van der Waals surface area contributed by atoms with Crippen molar-refractivity contribution >= 4 is 0 Å². The Labute approximate surface area is 79.8 Å². The van der Waals surface area contributed by atoms with Crippen LogP contribution in [-0.4, -0.2) is 0 Å². The first-order valence-electron chi connectivity index (χ1n) is 4.62. The normalized spacial score (nSPS) is 10.6. The Morgan fingerprint density at radius 2 is 1.00 bits per heavy atom. The second-order valence-electron chi connectivity index (χ2n) is 3.74. The van der Waals surface area contributed by atoms with Crippen LogP contribution < -0.4 is 0 Å². The molecule has 0 radical (unpaired) electrons. The van der Waals surface area contributed by atoms with Gasteiger partial charge in [0.25, 0.3) is 0 Å². The van der Waals surface area contributed by atoms with Crippen molar-refractivity contribution in [2.45, 2.75) is 41.3 Å². The van der Waals surface area contributed by atoms with Gasteiger partial charge >= 0.3 is 0 Å². The van der Waals surface area contributed by atoms with Crippen LogP contribution in [0.2, 0.25) is 0 Å². The van der Waals surface area contributed by atoms with Gasteiger partial charge in [-0.3, -0.25) is 0 Å². The molecule has 0 aliphatic carbocycles. The topological polar surface area (TPSA) is 0 Å². The molecule has 0 fully saturated rings. The summed E-state index contributed by atoms with van der Waals surface area (Å²) in [5, 5.41) is 0. The molecule has 0 nitrogen and oxygen atoms in total. The summed E-state index contributed by atoms with van der Waals surface area (Å²) in [4.78, 5) is 0. The maximum absolute atomic E-state index is 12.7. The van der Waals surface area contributed by atoms with Crippen molar-refractivity contribution in [1.82, 2.24) is 0 Å². The van der Waals surface area contributed by atoms with Gasteiger partial charge in [-0.15, -0.1) is 0 Å². The summed E-state index contributed by atoms with van der Waals surface area (Å²) >= 11 is 0. The number of rotatable bonds is 1. The molecule has 0 aromatic heterocycles. The molecule has 1 rings (SSSR count). The van der Waals surface area contributed by atoms with Crippen LogP contribution in [0.3, 0.4) is 0 Å². The lowest BCUT2D eigenvalue weighted by molar-refractivity contribution is 0.481. The van der Waals surface area contributed by atoms with Gasteiger partial charge in [0.05, 0.1) is 0 Å². The highest BCUT2D eigenvalue weighted by molar-refractivity contribution is 5.49. The Bertz CT molecular complexity index is 308. The number of hydrogen-bond acceptors (Lipinski definition) is 0. The van der Waals surface area contributed by atoms with Gasteiger partial charge in [0.15, 0.2) is 0 Å². The third-order valence-electron chi connectivity index (χ3n) is 3.29. The quantitative estimate of drug-likeness (QED) is 0.618. The molecule has 0 aliphatic rings. The van der Waals surface area contributed by atoms with Gasteiger partial charge in [0, 0.05) is 0 Å².